The van der Waals surface area contributed by atoms with Crippen molar-refractivity contribution in [2.75, 3.05) is 5.73 Å². The highest BCUT2D eigenvalue weighted by Gasteiger charge is 2.29. The summed E-state index contributed by atoms with van der Waals surface area (Å²) in [5.74, 6) is 1.86. The predicted octanol–water partition coefficient (Wildman–Crippen LogP) is 3.20. The maximum atomic E-state index is 5.87. The summed E-state index contributed by atoms with van der Waals surface area (Å²) in [4.78, 5) is 9.17. The molecule has 1 aliphatic carbocycles. The van der Waals surface area contributed by atoms with Crippen molar-refractivity contribution in [3.05, 3.63) is 40.6 Å². The van der Waals surface area contributed by atoms with Gasteiger partial charge in [-0.05, 0) is 31.0 Å². The fourth-order valence-electron chi connectivity index (χ4n) is 2.64. The number of hydrogen-bond acceptors (Lipinski definition) is 4. The molecule has 1 aromatic carbocycles. The minimum absolute atomic E-state index is 0.639. The summed E-state index contributed by atoms with van der Waals surface area (Å²) >= 11 is 1.72. The average molecular weight is 284 g/mol. The van der Waals surface area contributed by atoms with Gasteiger partial charge in [0, 0.05) is 36.1 Å². The Kier molecular flexibility index (Phi) is 2.73. The van der Waals surface area contributed by atoms with Crippen LogP contribution in [0, 0.1) is 0 Å². The summed E-state index contributed by atoms with van der Waals surface area (Å²) in [6, 6.07) is 6.02. The molecule has 0 aliphatic heterocycles. The molecule has 0 bridgehead atoms. The number of thiazole rings is 1. The molecule has 102 valence electrons. The second-order valence-electron chi connectivity index (χ2n) is 5.32. The monoisotopic (exact) mass is 284 g/mol. The molecule has 5 heteroatoms. The van der Waals surface area contributed by atoms with Gasteiger partial charge < -0.3 is 10.3 Å². The van der Waals surface area contributed by atoms with Crippen LogP contribution in [0.1, 0.15) is 29.6 Å². The summed E-state index contributed by atoms with van der Waals surface area (Å²) in [6.45, 7) is 0.944. The van der Waals surface area contributed by atoms with Crippen LogP contribution in [0.25, 0.3) is 11.0 Å². The molecule has 1 aliphatic rings. The van der Waals surface area contributed by atoms with E-state index < -0.39 is 0 Å². The number of nitrogens with two attached hydrogens (primary N) is 1. The first kappa shape index (κ1) is 11.9. The molecule has 0 atom stereocenters. The minimum Gasteiger partial charge on any atom is -0.399 e. The molecular formula is C15H16N4S. The molecule has 2 aromatic heterocycles. The van der Waals surface area contributed by atoms with Gasteiger partial charge in [-0.2, -0.15) is 0 Å². The molecule has 0 amide bonds. The first-order valence-corrected chi connectivity index (χ1v) is 7.83. The van der Waals surface area contributed by atoms with Crippen LogP contribution < -0.4 is 5.73 Å². The average Bonchev–Trinajstić information content (AvgIpc) is 3.03. The quantitative estimate of drug-likeness (QED) is 0.748. The topological polar surface area (TPSA) is 56.7 Å². The first-order valence-electron chi connectivity index (χ1n) is 6.95. The van der Waals surface area contributed by atoms with Crippen molar-refractivity contribution >= 4 is 28.1 Å². The molecule has 1 saturated carbocycles. The normalized spacial score (nSPS) is 15.0. The maximum absolute atomic E-state index is 5.87. The highest BCUT2D eigenvalue weighted by Crippen LogP contribution is 2.40. The fraction of sp³-hybridized carbons (Fsp3) is 0.333. The molecule has 2 N–H and O–H groups in total. The van der Waals surface area contributed by atoms with Crippen molar-refractivity contribution in [3.63, 3.8) is 0 Å². The number of nitrogen functional groups attached to an aromatic ring is 1. The second-order valence-corrected chi connectivity index (χ2v) is 6.30. The van der Waals surface area contributed by atoms with Gasteiger partial charge in [0.2, 0.25) is 0 Å². The maximum Gasteiger partial charge on any atom is 0.113 e. The van der Waals surface area contributed by atoms with Gasteiger partial charge in [-0.3, -0.25) is 0 Å². The largest absolute Gasteiger partial charge is 0.399 e. The summed E-state index contributed by atoms with van der Waals surface area (Å²) < 4.78 is 2.36. The number of aryl methyl sites for hydroxylation is 2. The molecule has 0 unspecified atom stereocenters. The zero-order valence-corrected chi connectivity index (χ0v) is 11.9. The Labute approximate surface area is 121 Å². The van der Waals surface area contributed by atoms with Crippen molar-refractivity contribution < 1.29 is 0 Å². The van der Waals surface area contributed by atoms with E-state index in [-0.39, 0.29) is 0 Å². The van der Waals surface area contributed by atoms with Crippen LogP contribution in [0.3, 0.4) is 0 Å². The van der Waals surface area contributed by atoms with E-state index in [0.717, 1.165) is 24.2 Å². The third-order valence-electron chi connectivity index (χ3n) is 3.78. The standard InChI is InChI=1S/C15H16N4S/c16-11-3-4-13-12(9-11)18-15(10-1-2-10)19(13)7-5-14-17-6-8-20-14/h3-4,6,8-10H,1-2,5,7,16H2. The van der Waals surface area contributed by atoms with Crippen LogP contribution >= 0.6 is 11.3 Å². The first-order chi connectivity index (χ1) is 9.81. The van der Waals surface area contributed by atoms with E-state index in [9.17, 15) is 0 Å². The van der Waals surface area contributed by atoms with E-state index in [1.165, 1.54) is 29.2 Å². The van der Waals surface area contributed by atoms with Gasteiger partial charge in [0.05, 0.1) is 16.0 Å². The molecule has 20 heavy (non-hydrogen) atoms. The van der Waals surface area contributed by atoms with Gasteiger partial charge in [0.15, 0.2) is 0 Å². The van der Waals surface area contributed by atoms with Gasteiger partial charge >= 0.3 is 0 Å². The number of rotatable bonds is 4. The van der Waals surface area contributed by atoms with E-state index in [0.29, 0.717) is 5.92 Å². The Morgan fingerprint density at radius 1 is 1.35 bits per heavy atom. The van der Waals surface area contributed by atoms with E-state index in [1.807, 2.05) is 23.7 Å². The van der Waals surface area contributed by atoms with Crippen molar-refractivity contribution in [1.82, 2.24) is 14.5 Å². The number of aromatic nitrogens is 3. The van der Waals surface area contributed by atoms with Crippen molar-refractivity contribution in [2.24, 2.45) is 0 Å². The molecule has 0 radical (unpaired) electrons. The number of fused-ring (bicyclic) bond motifs is 1. The lowest BCUT2D eigenvalue weighted by atomic mass is 10.3. The number of anilines is 1. The molecule has 4 rings (SSSR count). The van der Waals surface area contributed by atoms with Crippen LogP contribution in [0.15, 0.2) is 29.8 Å². The van der Waals surface area contributed by atoms with Crippen LogP contribution in [-0.4, -0.2) is 14.5 Å². The summed E-state index contributed by atoms with van der Waals surface area (Å²) in [7, 11) is 0. The number of benzene rings is 1. The molecule has 0 spiro atoms. The Morgan fingerprint density at radius 2 is 2.25 bits per heavy atom. The van der Waals surface area contributed by atoms with Crippen molar-refractivity contribution in [2.45, 2.75) is 31.7 Å². The summed E-state index contributed by atoms with van der Waals surface area (Å²) in [5.41, 5.74) is 8.86. The molecule has 2 heterocycles. The van der Waals surface area contributed by atoms with Gasteiger partial charge in [-0.15, -0.1) is 11.3 Å². The number of hydrogen-bond donors (Lipinski definition) is 1. The van der Waals surface area contributed by atoms with E-state index >= 15 is 0 Å². The fourth-order valence-corrected chi connectivity index (χ4v) is 3.25. The van der Waals surface area contributed by atoms with Crippen LogP contribution in [0.2, 0.25) is 0 Å². The Bertz CT molecular complexity index is 741. The van der Waals surface area contributed by atoms with Crippen LogP contribution in [0.4, 0.5) is 5.69 Å². The van der Waals surface area contributed by atoms with Gasteiger partial charge in [-0.25, -0.2) is 9.97 Å². The third kappa shape index (κ3) is 2.08. The Morgan fingerprint density at radius 3 is 3.00 bits per heavy atom. The summed E-state index contributed by atoms with van der Waals surface area (Å²) in [6.07, 6.45) is 5.36. The molecular weight excluding hydrogens is 268 g/mol. The summed E-state index contributed by atoms with van der Waals surface area (Å²) in [5, 5.41) is 3.22. The lowest BCUT2D eigenvalue weighted by Crippen LogP contribution is -2.05. The molecule has 4 nitrogen and oxygen atoms in total. The van der Waals surface area contributed by atoms with Crippen molar-refractivity contribution in [1.29, 1.82) is 0 Å². The smallest absolute Gasteiger partial charge is 0.113 e. The van der Waals surface area contributed by atoms with E-state index in [2.05, 4.69) is 15.6 Å². The Hall–Kier alpha value is -1.88. The molecule has 0 saturated heterocycles. The van der Waals surface area contributed by atoms with Gasteiger partial charge in [-0.1, -0.05) is 0 Å². The third-order valence-corrected chi connectivity index (χ3v) is 4.62. The SMILES string of the molecule is Nc1ccc2c(c1)nc(C1CC1)n2CCc1nccs1. The van der Waals surface area contributed by atoms with Crippen LogP contribution in [-0.2, 0) is 13.0 Å². The lowest BCUT2D eigenvalue weighted by Gasteiger charge is -2.07. The second kappa shape index (κ2) is 4.59. The number of nitrogens with zero attached hydrogens (tertiary/aromatic N) is 3. The highest BCUT2D eigenvalue weighted by molar-refractivity contribution is 7.09. The van der Waals surface area contributed by atoms with Gasteiger partial charge in [0.25, 0.3) is 0 Å². The highest BCUT2D eigenvalue weighted by atomic mass is 32.1. The zero-order valence-electron chi connectivity index (χ0n) is 11.1. The molecule has 3 aromatic rings. The van der Waals surface area contributed by atoms with E-state index in [4.69, 9.17) is 10.7 Å². The zero-order chi connectivity index (χ0) is 13.5. The lowest BCUT2D eigenvalue weighted by molar-refractivity contribution is 0.668. The van der Waals surface area contributed by atoms with Crippen LogP contribution in [0.5, 0.6) is 0 Å². The van der Waals surface area contributed by atoms with Gasteiger partial charge in [0.1, 0.15) is 5.82 Å². The molecule has 1 fully saturated rings. The predicted molar refractivity (Wildman–Crippen MR) is 81.9 cm³/mol. The Balaban J connectivity index is 1.73. The van der Waals surface area contributed by atoms with Crippen molar-refractivity contribution in [3.8, 4) is 0 Å². The van der Waals surface area contributed by atoms with E-state index in [1.54, 1.807) is 11.3 Å². The number of imidazole rings is 1. The minimum atomic E-state index is 0.639.